The fourth-order valence-electron chi connectivity index (χ4n) is 1.58. The van der Waals surface area contributed by atoms with Gasteiger partial charge in [-0.2, -0.15) is 0 Å². The Morgan fingerprint density at radius 3 is 3.07 bits per heavy atom. The normalized spacial score (nSPS) is 11.1. The molecule has 0 atom stereocenters. The van der Waals surface area contributed by atoms with Gasteiger partial charge in [0.1, 0.15) is 5.65 Å². The summed E-state index contributed by atoms with van der Waals surface area (Å²) in [6.07, 6.45) is 4.06. The summed E-state index contributed by atoms with van der Waals surface area (Å²) < 4.78 is 2.02. The molecule has 0 aliphatic carbocycles. The Morgan fingerprint density at radius 1 is 1.40 bits per heavy atom. The number of aliphatic hydroxyl groups excluding tert-OH is 1. The molecule has 0 aliphatic heterocycles. The molecule has 4 nitrogen and oxygen atoms in total. The van der Waals surface area contributed by atoms with Crippen molar-refractivity contribution in [2.45, 2.75) is 13.5 Å². The third-order valence-electron chi connectivity index (χ3n) is 2.25. The molecule has 2 rings (SSSR count). The predicted octanol–water partition coefficient (Wildman–Crippen LogP) is 0.725. The van der Waals surface area contributed by atoms with Crippen molar-refractivity contribution in [1.29, 1.82) is 0 Å². The average Bonchev–Trinajstić information content (AvgIpc) is 2.57. The highest BCUT2D eigenvalue weighted by Gasteiger charge is 1.98. The van der Waals surface area contributed by atoms with E-state index in [9.17, 15) is 0 Å². The number of rotatable bonds is 4. The lowest BCUT2D eigenvalue weighted by Gasteiger charge is -2.03. The Labute approximate surface area is 88.6 Å². The van der Waals surface area contributed by atoms with Crippen molar-refractivity contribution in [2.24, 2.45) is 0 Å². The first-order valence-corrected chi connectivity index (χ1v) is 5.05. The summed E-state index contributed by atoms with van der Waals surface area (Å²) in [6.45, 7) is 3.55. The van der Waals surface area contributed by atoms with Gasteiger partial charge >= 0.3 is 0 Å². The van der Waals surface area contributed by atoms with Gasteiger partial charge in [-0.15, -0.1) is 0 Å². The summed E-state index contributed by atoms with van der Waals surface area (Å²) in [4.78, 5) is 4.35. The van der Waals surface area contributed by atoms with Gasteiger partial charge in [-0.1, -0.05) is 6.07 Å². The second-order valence-corrected chi connectivity index (χ2v) is 3.59. The fourth-order valence-corrected chi connectivity index (χ4v) is 1.58. The van der Waals surface area contributed by atoms with E-state index < -0.39 is 0 Å². The minimum Gasteiger partial charge on any atom is -0.395 e. The molecule has 0 unspecified atom stereocenters. The zero-order valence-corrected chi connectivity index (χ0v) is 8.77. The van der Waals surface area contributed by atoms with Crippen LogP contribution < -0.4 is 5.32 Å². The summed E-state index contributed by atoms with van der Waals surface area (Å²) in [5.74, 6) is 0. The molecule has 0 spiro atoms. The van der Waals surface area contributed by atoms with Gasteiger partial charge in [-0.05, 0) is 18.6 Å². The van der Waals surface area contributed by atoms with Gasteiger partial charge in [0.05, 0.1) is 12.3 Å². The van der Waals surface area contributed by atoms with Crippen LogP contribution in [0.3, 0.4) is 0 Å². The monoisotopic (exact) mass is 205 g/mol. The van der Waals surface area contributed by atoms with E-state index in [1.807, 2.05) is 29.7 Å². The topological polar surface area (TPSA) is 49.6 Å². The number of pyridine rings is 1. The van der Waals surface area contributed by atoms with Crippen LogP contribution in [-0.2, 0) is 6.54 Å². The van der Waals surface area contributed by atoms with E-state index in [1.165, 1.54) is 5.56 Å². The number of aromatic nitrogens is 2. The Balaban J connectivity index is 2.15. The van der Waals surface area contributed by atoms with E-state index in [4.69, 9.17) is 5.11 Å². The predicted molar refractivity (Wildman–Crippen MR) is 58.7 cm³/mol. The van der Waals surface area contributed by atoms with Crippen LogP contribution in [0.25, 0.3) is 5.65 Å². The third kappa shape index (κ3) is 2.34. The number of hydrogen-bond acceptors (Lipinski definition) is 3. The molecule has 2 heterocycles. The zero-order valence-electron chi connectivity index (χ0n) is 8.77. The van der Waals surface area contributed by atoms with E-state index in [0.717, 1.165) is 17.9 Å². The van der Waals surface area contributed by atoms with Crippen molar-refractivity contribution in [2.75, 3.05) is 13.2 Å². The quantitative estimate of drug-likeness (QED) is 0.723. The van der Waals surface area contributed by atoms with Gasteiger partial charge in [-0.25, -0.2) is 4.98 Å². The van der Waals surface area contributed by atoms with Gasteiger partial charge in [0.2, 0.25) is 0 Å². The van der Waals surface area contributed by atoms with Crippen LogP contribution >= 0.6 is 0 Å². The van der Waals surface area contributed by atoms with Crippen molar-refractivity contribution in [3.05, 3.63) is 35.8 Å². The lowest BCUT2D eigenvalue weighted by atomic mass is 10.3. The maximum atomic E-state index is 8.64. The molecule has 80 valence electrons. The smallest absolute Gasteiger partial charge is 0.136 e. The molecule has 2 N–H and O–H groups in total. The van der Waals surface area contributed by atoms with E-state index >= 15 is 0 Å². The molecule has 15 heavy (non-hydrogen) atoms. The maximum Gasteiger partial charge on any atom is 0.136 e. The van der Waals surface area contributed by atoms with Gasteiger partial charge in [0, 0.05) is 25.5 Å². The highest BCUT2D eigenvalue weighted by atomic mass is 16.3. The summed E-state index contributed by atoms with van der Waals surface area (Å²) in [6, 6.07) is 4.05. The van der Waals surface area contributed by atoms with Crippen molar-refractivity contribution in [3.8, 4) is 0 Å². The molecular weight excluding hydrogens is 190 g/mol. The van der Waals surface area contributed by atoms with Crippen LogP contribution in [0.4, 0.5) is 0 Å². The number of aliphatic hydroxyl groups is 1. The number of aryl methyl sites for hydroxylation is 1. The van der Waals surface area contributed by atoms with E-state index in [1.54, 1.807) is 0 Å². The van der Waals surface area contributed by atoms with Crippen molar-refractivity contribution < 1.29 is 5.11 Å². The minimum absolute atomic E-state index is 0.173. The minimum atomic E-state index is 0.173. The van der Waals surface area contributed by atoms with Gasteiger partial charge in [0.25, 0.3) is 0 Å². The molecule has 0 saturated heterocycles. The SMILES string of the molecule is Cc1cn2cc(CNCCO)ccc2n1. The Hall–Kier alpha value is -1.39. The largest absolute Gasteiger partial charge is 0.395 e. The lowest BCUT2D eigenvalue weighted by molar-refractivity contribution is 0.292. The summed E-state index contributed by atoms with van der Waals surface area (Å²) in [7, 11) is 0. The lowest BCUT2D eigenvalue weighted by Crippen LogP contribution is -2.17. The molecule has 0 radical (unpaired) electrons. The van der Waals surface area contributed by atoms with Crippen LogP contribution in [0.15, 0.2) is 24.5 Å². The molecule has 0 amide bonds. The first-order chi connectivity index (χ1) is 7.29. The number of imidazole rings is 1. The van der Waals surface area contributed by atoms with Crippen molar-refractivity contribution in [3.63, 3.8) is 0 Å². The van der Waals surface area contributed by atoms with E-state index in [-0.39, 0.29) is 6.61 Å². The number of nitrogens with zero attached hydrogens (tertiary/aromatic N) is 2. The molecule has 2 aromatic rings. The second-order valence-electron chi connectivity index (χ2n) is 3.59. The van der Waals surface area contributed by atoms with Gasteiger partial charge < -0.3 is 14.8 Å². The highest BCUT2D eigenvalue weighted by molar-refractivity contribution is 5.41. The first-order valence-electron chi connectivity index (χ1n) is 5.05. The van der Waals surface area contributed by atoms with Gasteiger partial charge in [-0.3, -0.25) is 0 Å². The molecule has 0 aliphatic rings. The van der Waals surface area contributed by atoms with Crippen molar-refractivity contribution >= 4 is 5.65 Å². The highest BCUT2D eigenvalue weighted by Crippen LogP contribution is 2.06. The Bertz CT molecular complexity index is 450. The van der Waals surface area contributed by atoms with Gasteiger partial charge in [0.15, 0.2) is 0 Å². The zero-order chi connectivity index (χ0) is 10.7. The Kier molecular flexibility index (Phi) is 2.99. The fraction of sp³-hybridized carbons (Fsp3) is 0.364. The van der Waals surface area contributed by atoms with Crippen LogP contribution in [0.5, 0.6) is 0 Å². The molecule has 0 aromatic carbocycles. The first kappa shape index (κ1) is 10.1. The molecule has 0 bridgehead atoms. The average molecular weight is 205 g/mol. The summed E-state index contributed by atoms with van der Waals surface area (Å²) in [5, 5.41) is 11.8. The van der Waals surface area contributed by atoms with Crippen LogP contribution in [0.2, 0.25) is 0 Å². The van der Waals surface area contributed by atoms with E-state index in [2.05, 4.69) is 16.5 Å². The molecule has 4 heteroatoms. The molecule has 2 aromatic heterocycles. The van der Waals surface area contributed by atoms with Crippen LogP contribution in [-0.4, -0.2) is 27.6 Å². The number of fused-ring (bicyclic) bond motifs is 1. The Morgan fingerprint density at radius 2 is 2.27 bits per heavy atom. The standard InChI is InChI=1S/C11H15N3O/c1-9-7-14-8-10(6-12-4-5-15)2-3-11(14)13-9/h2-3,7-8,12,15H,4-6H2,1H3. The van der Waals surface area contributed by atoms with Crippen LogP contribution in [0, 0.1) is 6.92 Å². The number of hydrogen-bond donors (Lipinski definition) is 2. The third-order valence-corrected chi connectivity index (χ3v) is 2.25. The second kappa shape index (κ2) is 4.42. The number of nitrogens with one attached hydrogen (secondary N) is 1. The molecular formula is C11H15N3O. The molecule has 0 saturated carbocycles. The summed E-state index contributed by atoms with van der Waals surface area (Å²) >= 11 is 0. The van der Waals surface area contributed by atoms with E-state index in [0.29, 0.717) is 6.54 Å². The summed E-state index contributed by atoms with van der Waals surface area (Å²) in [5.41, 5.74) is 3.18. The van der Waals surface area contributed by atoms with Crippen molar-refractivity contribution in [1.82, 2.24) is 14.7 Å². The maximum absolute atomic E-state index is 8.64. The molecule has 0 fully saturated rings. The van der Waals surface area contributed by atoms with Crippen LogP contribution in [0.1, 0.15) is 11.3 Å².